The summed E-state index contributed by atoms with van der Waals surface area (Å²) in [5, 5.41) is 0. The Balaban J connectivity index is 2.30. The molecule has 0 aromatic heterocycles. The van der Waals surface area contributed by atoms with E-state index in [4.69, 9.17) is 18.0 Å². The Labute approximate surface area is 150 Å². The van der Waals surface area contributed by atoms with Crippen molar-refractivity contribution in [2.75, 3.05) is 11.9 Å². The number of carbonyl (C=O) groups is 1. The molecule has 2 N–H and O–H groups in total. The fourth-order valence-corrected chi connectivity index (χ4v) is 2.85. The minimum absolute atomic E-state index is 0.0801. The van der Waals surface area contributed by atoms with Gasteiger partial charge in [0.05, 0.1) is 5.56 Å². The zero-order chi connectivity index (χ0) is 15.6. The molecule has 0 aliphatic heterocycles. The number of nitrogens with two attached hydrogens (primary N) is 1. The van der Waals surface area contributed by atoms with Gasteiger partial charge in [-0.05, 0) is 81.0 Å². The van der Waals surface area contributed by atoms with Crippen molar-refractivity contribution in [3.05, 3.63) is 61.6 Å². The molecular weight excluding hydrogens is 463 g/mol. The lowest BCUT2D eigenvalue weighted by molar-refractivity contribution is 0.0992. The molecule has 0 saturated carbocycles. The van der Waals surface area contributed by atoms with Gasteiger partial charge in [0.2, 0.25) is 0 Å². The smallest absolute Gasteiger partial charge is 0.259 e. The molecule has 0 aliphatic rings. The summed E-state index contributed by atoms with van der Waals surface area (Å²) in [6.07, 6.45) is 0. The second-order valence-corrected chi connectivity index (χ2v) is 6.94. The van der Waals surface area contributed by atoms with E-state index in [2.05, 4.69) is 38.5 Å². The standard InChI is InChI=1S/C15H12BrIN2OS/c1-19(11-5-2-9(3-6-11)14(18)21)15(20)12-8-10(17)4-7-13(12)16/h2-8H,1H3,(H2,18,21). The Morgan fingerprint density at radius 2 is 1.86 bits per heavy atom. The van der Waals surface area contributed by atoms with E-state index >= 15 is 0 Å². The molecule has 0 unspecified atom stereocenters. The number of halogens is 2. The topological polar surface area (TPSA) is 46.3 Å². The second kappa shape index (κ2) is 6.85. The highest BCUT2D eigenvalue weighted by Crippen LogP contribution is 2.23. The maximum atomic E-state index is 12.6. The van der Waals surface area contributed by atoms with Crippen molar-refractivity contribution in [2.24, 2.45) is 5.73 Å². The summed E-state index contributed by atoms with van der Waals surface area (Å²) in [7, 11) is 1.74. The van der Waals surface area contributed by atoms with Crippen LogP contribution in [0.15, 0.2) is 46.9 Å². The van der Waals surface area contributed by atoms with Gasteiger partial charge in [-0.1, -0.05) is 12.2 Å². The first-order valence-electron chi connectivity index (χ1n) is 6.03. The van der Waals surface area contributed by atoms with Crippen molar-refractivity contribution in [3.63, 3.8) is 0 Å². The fraction of sp³-hybridized carbons (Fsp3) is 0.0667. The molecule has 0 heterocycles. The highest BCUT2D eigenvalue weighted by Gasteiger charge is 2.16. The van der Waals surface area contributed by atoms with Gasteiger partial charge in [0.1, 0.15) is 4.99 Å². The quantitative estimate of drug-likeness (QED) is 0.541. The summed E-state index contributed by atoms with van der Waals surface area (Å²) in [6, 6.07) is 12.9. The zero-order valence-corrected chi connectivity index (χ0v) is 15.7. The minimum Gasteiger partial charge on any atom is -0.389 e. The van der Waals surface area contributed by atoms with E-state index in [-0.39, 0.29) is 5.91 Å². The molecule has 3 nitrogen and oxygen atoms in total. The Morgan fingerprint density at radius 1 is 1.24 bits per heavy atom. The van der Waals surface area contributed by atoms with Crippen molar-refractivity contribution in [2.45, 2.75) is 0 Å². The van der Waals surface area contributed by atoms with Crippen LogP contribution < -0.4 is 10.6 Å². The van der Waals surface area contributed by atoms with E-state index in [9.17, 15) is 4.79 Å². The molecule has 0 saturated heterocycles. The van der Waals surface area contributed by atoms with Gasteiger partial charge in [-0.3, -0.25) is 4.79 Å². The third-order valence-corrected chi connectivity index (χ3v) is 4.60. The summed E-state index contributed by atoms with van der Waals surface area (Å²) >= 11 is 10.5. The largest absolute Gasteiger partial charge is 0.389 e. The van der Waals surface area contributed by atoms with E-state index in [1.165, 1.54) is 0 Å². The van der Waals surface area contributed by atoms with Crippen molar-refractivity contribution < 1.29 is 4.79 Å². The summed E-state index contributed by atoms with van der Waals surface area (Å²) < 4.78 is 1.79. The SMILES string of the molecule is CN(C(=O)c1cc(I)ccc1Br)c1ccc(C(N)=S)cc1. The minimum atomic E-state index is -0.0801. The number of hydrogen-bond donors (Lipinski definition) is 1. The van der Waals surface area contributed by atoms with Crippen LogP contribution in [0, 0.1) is 3.57 Å². The van der Waals surface area contributed by atoms with Gasteiger partial charge < -0.3 is 10.6 Å². The predicted octanol–water partition coefficient (Wildman–Crippen LogP) is 3.96. The third kappa shape index (κ3) is 3.81. The van der Waals surface area contributed by atoms with Crippen LogP contribution in [-0.2, 0) is 0 Å². The molecule has 2 aromatic carbocycles. The zero-order valence-electron chi connectivity index (χ0n) is 11.1. The van der Waals surface area contributed by atoms with E-state index in [0.717, 1.165) is 19.3 Å². The second-order valence-electron chi connectivity index (χ2n) is 4.40. The molecule has 0 atom stereocenters. The molecule has 2 rings (SSSR count). The maximum absolute atomic E-state index is 12.6. The predicted molar refractivity (Wildman–Crippen MR) is 102 cm³/mol. The van der Waals surface area contributed by atoms with Gasteiger partial charge in [-0.15, -0.1) is 0 Å². The molecule has 2 aromatic rings. The third-order valence-electron chi connectivity index (χ3n) is 3.00. The average molecular weight is 475 g/mol. The van der Waals surface area contributed by atoms with Gasteiger partial charge in [0.25, 0.3) is 5.91 Å². The lowest BCUT2D eigenvalue weighted by Crippen LogP contribution is -2.26. The van der Waals surface area contributed by atoms with Crippen LogP contribution >= 0.6 is 50.7 Å². The molecule has 6 heteroatoms. The van der Waals surface area contributed by atoms with Crippen molar-refractivity contribution >= 4 is 67.3 Å². The Morgan fingerprint density at radius 3 is 2.43 bits per heavy atom. The number of nitrogens with zero attached hydrogens (tertiary/aromatic N) is 1. The first kappa shape index (κ1) is 16.4. The number of amides is 1. The van der Waals surface area contributed by atoms with E-state index < -0.39 is 0 Å². The van der Waals surface area contributed by atoms with Gasteiger partial charge in [0.15, 0.2) is 0 Å². The summed E-state index contributed by atoms with van der Waals surface area (Å²) in [6.45, 7) is 0. The Kier molecular flexibility index (Phi) is 5.34. The number of anilines is 1. The average Bonchev–Trinajstić information content (AvgIpc) is 2.48. The summed E-state index contributed by atoms with van der Waals surface area (Å²) in [5.74, 6) is -0.0801. The van der Waals surface area contributed by atoms with E-state index in [1.807, 2.05) is 42.5 Å². The lowest BCUT2D eigenvalue weighted by atomic mass is 10.1. The fourth-order valence-electron chi connectivity index (χ4n) is 1.81. The van der Waals surface area contributed by atoms with Crippen LogP contribution in [0.3, 0.4) is 0 Å². The van der Waals surface area contributed by atoms with Crippen LogP contribution in [0.4, 0.5) is 5.69 Å². The summed E-state index contributed by atoms with van der Waals surface area (Å²) in [5.41, 5.74) is 7.76. The lowest BCUT2D eigenvalue weighted by Gasteiger charge is -2.18. The van der Waals surface area contributed by atoms with Gasteiger partial charge in [0, 0.05) is 26.3 Å². The van der Waals surface area contributed by atoms with Gasteiger partial charge >= 0.3 is 0 Å². The Bertz CT molecular complexity index is 703. The molecule has 0 spiro atoms. The molecule has 0 bridgehead atoms. The van der Waals surface area contributed by atoms with Crippen molar-refractivity contribution in [1.29, 1.82) is 0 Å². The number of benzene rings is 2. The first-order chi connectivity index (χ1) is 9.90. The normalized spacial score (nSPS) is 10.2. The number of carbonyl (C=O) groups excluding carboxylic acids is 1. The van der Waals surface area contributed by atoms with Gasteiger partial charge in [-0.2, -0.15) is 0 Å². The molecule has 1 amide bonds. The van der Waals surface area contributed by atoms with Crippen LogP contribution in [-0.4, -0.2) is 17.9 Å². The maximum Gasteiger partial charge on any atom is 0.259 e. The van der Waals surface area contributed by atoms with E-state index in [1.54, 1.807) is 11.9 Å². The molecular formula is C15H12BrIN2OS. The van der Waals surface area contributed by atoms with Crippen LogP contribution in [0.1, 0.15) is 15.9 Å². The monoisotopic (exact) mass is 474 g/mol. The number of thiocarbonyl (C=S) groups is 1. The molecule has 21 heavy (non-hydrogen) atoms. The summed E-state index contributed by atoms with van der Waals surface area (Å²) in [4.78, 5) is 14.5. The van der Waals surface area contributed by atoms with Crippen LogP contribution in [0.5, 0.6) is 0 Å². The molecule has 108 valence electrons. The Hall–Kier alpha value is -0.990. The van der Waals surface area contributed by atoms with E-state index in [0.29, 0.717) is 10.6 Å². The first-order valence-corrected chi connectivity index (χ1v) is 8.31. The van der Waals surface area contributed by atoms with Crippen molar-refractivity contribution in [1.82, 2.24) is 0 Å². The molecule has 0 radical (unpaired) electrons. The molecule has 0 aliphatic carbocycles. The number of hydrogen-bond acceptors (Lipinski definition) is 2. The highest BCUT2D eigenvalue weighted by atomic mass is 127. The molecule has 0 fully saturated rings. The van der Waals surface area contributed by atoms with Crippen LogP contribution in [0.25, 0.3) is 0 Å². The van der Waals surface area contributed by atoms with Crippen molar-refractivity contribution in [3.8, 4) is 0 Å². The number of rotatable bonds is 3. The van der Waals surface area contributed by atoms with Crippen LogP contribution in [0.2, 0.25) is 0 Å². The van der Waals surface area contributed by atoms with Gasteiger partial charge in [-0.25, -0.2) is 0 Å². The highest BCUT2D eigenvalue weighted by molar-refractivity contribution is 14.1.